The molecule has 0 saturated carbocycles. The smallest absolute Gasteiger partial charge is 0.471 e. The van der Waals surface area contributed by atoms with Gasteiger partial charge in [-0.3, -0.25) is 0 Å². The van der Waals surface area contributed by atoms with Gasteiger partial charge in [-0.05, 0) is 68.5 Å². The Bertz CT molecular complexity index is 946. The molecule has 2 heterocycles. The first-order valence-electron chi connectivity index (χ1n) is 9.24. The molecule has 0 radical (unpaired) electrons. The molecular formula is C20H21F3N4O2. The maximum atomic E-state index is 12.7. The number of hydrogen-bond donors (Lipinski definition) is 0. The third-order valence-corrected chi connectivity index (χ3v) is 4.38. The second kappa shape index (κ2) is 8.59. The van der Waals surface area contributed by atoms with Crippen molar-refractivity contribution in [3.63, 3.8) is 0 Å². The van der Waals surface area contributed by atoms with Gasteiger partial charge in [-0.2, -0.15) is 28.4 Å². The van der Waals surface area contributed by atoms with E-state index in [1.807, 2.05) is 19.1 Å². The van der Waals surface area contributed by atoms with E-state index in [9.17, 15) is 13.2 Å². The van der Waals surface area contributed by atoms with Crippen LogP contribution in [-0.2, 0) is 19.0 Å². The Morgan fingerprint density at radius 3 is 2.24 bits per heavy atom. The summed E-state index contributed by atoms with van der Waals surface area (Å²) in [7, 11) is 0. The molecule has 0 aliphatic heterocycles. The molecular weight excluding hydrogens is 385 g/mol. The molecule has 9 heteroatoms. The number of aryl methyl sites for hydroxylation is 4. The van der Waals surface area contributed by atoms with Gasteiger partial charge in [0, 0.05) is 5.56 Å². The highest BCUT2D eigenvalue weighted by Crippen LogP contribution is 2.33. The Kier molecular flexibility index (Phi) is 6.14. The largest absolute Gasteiger partial charge is 0.494 e. The van der Waals surface area contributed by atoms with E-state index in [1.165, 1.54) is 0 Å². The van der Waals surface area contributed by atoms with Crippen molar-refractivity contribution < 1.29 is 22.4 Å². The number of alkyl halides is 3. The van der Waals surface area contributed by atoms with Gasteiger partial charge < -0.3 is 9.26 Å². The predicted octanol–water partition coefficient (Wildman–Crippen LogP) is 4.74. The minimum atomic E-state index is -4.67. The average molecular weight is 406 g/mol. The molecule has 0 spiro atoms. The molecule has 3 aromatic rings. The van der Waals surface area contributed by atoms with Crippen molar-refractivity contribution in [1.82, 2.24) is 20.3 Å². The lowest BCUT2D eigenvalue weighted by Crippen LogP contribution is -2.05. The van der Waals surface area contributed by atoms with Gasteiger partial charge in [0.05, 0.1) is 18.0 Å². The second-order valence-electron chi connectivity index (χ2n) is 6.67. The lowest BCUT2D eigenvalue weighted by molar-refractivity contribution is -0.159. The normalized spacial score (nSPS) is 11.7. The molecule has 0 aliphatic rings. The van der Waals surface area contributed by atoms with Crippen molar-refractivity contribution in [3.05, 3.63) is 52.7 Å². The van der Waals surface area contributed by atoms with E-state index < -0.39 is 12.1 Å². The highest BCUT2D eigenvalue weighted by molar-refractivity contribution is 5.65. The van der Waals surface area contributed by atoms with E-state index in [-0.39, 0.29) is 5.82 Å². The predicted molar refractivity (Wildman–Crippen MR) is 99.4 cm³/mol. The van der Waals surface area contributed by atoms with Crippen LogP contribution in [0.15, 0.2) is 28.8 Å². The van der Waals surface area contributed by atoms with E-state index in [0.29, 0.717) is 29.0 Å². The molecule has 0 N–H and O–H groups in total. The van der Waals surface area contributed by atoms with Crippen LogP contribution in [0.5, 0.6) is 5.75 Å². The maximum Gasteiger partial charge on any atom is 0.471 e. The van der Waals surface area contributed by atoms with Crippen LogP contribution < -0.4 is 4.74 Å². The third kappa shape index (κ3) is 5.10. The SMILES string of the molecule is CCc1ccc(CCCOc2cc(C)c(-c3noc(C(F)(F)F)n3)c(C)c2)nn1. The molecule has 154 valence electrons. The molecule has 0 atom stereocenters. The van der Waals surface area contributed by atoms with E-state index in [0.717, 1.165) is 30.7 Å². The van der Waals surface area contributed by atoms with Gasteiger partial charge in [0.15, 0.2) is 0 Å². The molecule has 0 fully saturated rings. The highest BCUT2D eigenvalue weighted by atomic mass is 19.4. The standard InChI is InChI=1S/C20H21F3N4O2/c1-4-14-7-8-15(26-25-14)6-5-9-28-16-10-12(2)17(13(3)11-16)18-24-19(29-27-18)20(21,22)23/h7-8,10-11H,4-6,9H2,1-3H3. The molecule has 0 amide bonds. The molecule has 0 saturated heterocycles. The quantitative estimate of drug-likeness (QED) is 0.528. The fraction of sp³-hybridized carbons (Fsp3) is 0.400. The van der Waals surface area contributed by atoms with Crippen molar-refractivity contribution >= 4 is 0 Å². The van der Waals surface area contributed by atoms with E-state index in [2.05, 4.69) is 24.9 Å². The number of benzene rings is 1. The monoisotopic (exact) mass is 406 g/mol. The summed E-state index contributed by atoms with van der Waals surface area (Å²) in [6.07, 6.45) is -2.31. The van der Waals surface area contributed by atoms with Gasteiger partial charge in [0.2, 0.25) is 5.82 Å². The summed E-state index contributed by atoms with van der Waals surface area (Å²) in [5.41, 5.74) is 3.78. The minimum absolute atomic E-state index is 0.0898. The average Bonchev–Trinajstić information content (AvgIpc) is 3.15. The third-order valence-electron chi connectivity index (χ3n) is 4.38. The molecule has 3 rings (SSSR count). The first kappa shape index (κ1) is 20.8. The first-order valence-corrected chi connectivity index (χ1v) is 9.24. The lowest BCUT2D eigenvalue weighted by Gasteiger charge is -2.11. The Balaban J connectivity index is 1.62. The van der Waals surface area contributed by atoms with E-state index in [4.69, 9.17) is 4.74 Å². The number of halogens is 3. The van der Waals surface area contributed by atoms with Crippen molar-refractivity contribution in [2.75, 3.05) is 6.61 Å². The summed E-state index contributed by atoms with van der Waals surface area (Å²) in [5, 5.41) is 11.8. The molecule has 0 bridgehead atoms. The maximum absolute atomic E-state index is 12.7. The zero-order chi connectivity index (χ0) is 21.0. The highest BCUT2D eigenvalue weighted by Gasteiger charge is 2.38. The lowest BCUT2D eigenvalue weighted by atomic mass is 10.0. The summed E-state index contributed by atoms with van der Waals surface area (Å²) in [6.45, 7) is 6.05. The number of hydrogen-bond acceptors (Lipinski definition) is 6. The van der Waals surface area contributed by atoms with E-state index >= 15 is 0 Å². The summed E-state index contributed by atoms with van der Waals surface area (Å²) >= 11 is 0. The zero-order valence-electron chi connectivity index (χ0n) is 16.4. The number of rotatable bonds is 7. The number of nitrogens with zero attached hydrogens (tertiary/aromatic N) is 4. The summed E-state index contributed by atoms with van der Waals surface area (Å²) in [5.74, 6) is -0.814. The molecule has 0 aliphatic carbocycles. The topological polar surface area (TPSA) is 73.9 Å². The van der Waals surface area contributed by atoms with Crippen LogP contribution in [-0.4, -0.2) is 26.9 Å². The van der Waals surface area contributed by atoms with Crippen LogP contribution >= 0.6 is 0 Å². The van der Waals surface area contributed by atoms with Crippen LogP contribution in [0.1, 0.15) is 41.8 Å². The Labute approximate surface area is 166 Å². The van der Waals surface area contributed by atoms with Crippen LogP contribution in [0.3, 0.4) is 0 Å². The van der Waals surface area contributed by atoms with Gasteiger partial charge in [-0.1, -0.05) is 12.1 Å². The van der Waals surface area contributed by atoms with Crippen LogP contribution in [0.4, 0.5) is 13.2 Å². The van der Waals surface area contributed by atoms with Gasteiger partial charge in [-0.15, -0.1) is 0 Å². The summed E-state index contributed by atoms with van der Waals surface area (Å²) in [6, 6.07) is 7.44. The van der Waals surface area contributed by atoms with E-state index in [1.54, 1.807) is 26.0 Å². The Morgan fingerprint density at radius 2 is 1.69 bits per heavy atom. The number of ether oxygens (including phenoxy) is 1. The molecule has 2 aromatic heterocycles. The van der Waals surface area contributed by atoms with Crippen LogP contribution in [0, 0.1) is 13.8 Å². The van der Waals surface area contributed by atoms with Crippen molar-refractivity contribution in [3.8, 4) is 17.1 Å². The Morgan fingerprint density at radius 1 is 1.03 bits per heavy atom. The number of aromatic nitrogens is 4. The summed E-state index contributed by atoms with van der Waals surface area (Å²) in [4.78, 5) is 3.47. The zero-order valence-corrected chi connectivity index (χ0v) is 16.4. The van der Waals surface area contributed by atoms with Crippen molar-refractivity contribution in [2.45, 2.75) is 46.2 Å². The van der Waals surface area contributed by atoms with Crippen molar-refractivity contribution in [1.29, 1.82) is 0 Å². The van der Waals surface area contributed by atoms with Crippen LogP contribution in [0.25, 0.3) is 11.4 Å². The van der Waals surface area contributed by atoms with Gasteiger partial charge in [0.25, 0.3) is 0 Å². The molecule has 29 heavy (non-hydrogen) atoms. The minimum Gasteiger partial charge on any atom is -0.494 e. The second-order valence-corrected chi connectivity index (χ2v) is 6.67. The molecule has 6 nitrogen and oxygen atoms in total. The van der Waals surface area contributed by atoms with Crippen molar-refractivity contribution in [2.24, 2.45) is 0 Å². The Hall–Kier alpha value is -2.97. The fourth-order valence-electron chi connectivity index (χ4n) is 2.95. The van der Waals surface area contributed by atoms with Gasteiger partial charge in [0.1, 0.15) is 5.75 Å². The van der Waals surface area contributed by atoms with Gasteiger partial charge in [-0.25, -0.2) is 0 Å². The molecule has 0 unspecified atom stereocenters. The van der Waals surface area contributed by atoms with Crippen LogP contribution in [0.2, 0.25) is 0 Å². The fourth-order valence-corrected chi connectivity index (χ4v) is 2.95. The summed E-state index contributed by atoms with van der Waals surface area (Å²) < 4.78 is 48.2. The first-order chi connectivity index (χ1) is 13.8. The molecule has 1 aromatic carbocycles. The van der Waals surface area contributed by atoms with Gasteiger partial charge >= 0.3 is 12.1 Å².